The van der Waals surface area contributed by atoms with Crippen LogP contribution in [0.1, 0.15) is 39.0 Å². The van der Waals surface area contributed by atoms with Crippen LogP contribution in [-0.4, -0.2) is 27.7 Å². The van der Waals surface area contributed by atoms with Crippen molar-refractivity contribution in [3.05, 3.63) is 35.9 Å². The van der Waals surface area contributed by atoms with Crippen LogP contribution in [0.15, 0.2) is 41.1 Å². The maximum absolute atomic E-state index is 12.2. The molecule has 23 heavy (non-hydrogen) atoms. The van der Waals surface area contributed by atoms with Crippen LogP contribution in [0.25, 0.3) is 11.0 Å². The molecular weight excluding hydrogens is 306 g/mol. The van der Waals surface area contributed by atoms with E-state index in [9.17, 15) is 4.79 Å². The SMILES string of the molecule is C[C@H](Sc1nc2ccccc2[nH]1)C(=O)NCCC1=CCCCC1. The van der Waals surface area contributed by atoms with Crippen LogP contribution in [0.5, 0.6) is 0 Å². The van der Waals surface area contributed by atoms with Crippen LogP contribution >= 0.6 is 11.8 Å². The lowest BCUT2D eigenvalue weighted by molar-refractivity contribution is -0.120. The number of aromatic amines is 1. The Labute approximate surface area is 141 Å². The Morgan fingerprint density at radius 3 is 3.04 bits per heavy atom. The van der Waals surface area contributed by atoms with E-state index >= 15 is 0 Å². The molecule has 0 spiro atoms. The molecule has 3 rings (SSSR count). The normalized spacial score (nSPS) is 16.1. The second-order valence-corrected chi connectivity index (χ2v) is 7.30. The topological polar surface area (TPSA) is 57.8 Å². The van der Waals surface area contributed by atoms with Crippen LogP contribution in [0, 0.1) is 0 Å². The molecule has 2 aromatic rings. The van der Waals surface area contributed by atoms with Gasteiger partial charge >= 0.3 is 0 Å². The van der Waals surface area contributed by atoms with Crippen LogP contribution in [0.3, 0.4) is 0 Å². The maximum Gasteiger partial charge on any atom is 0.233 e. The highest BCUT2D eigenvalue weighted by Crippen LogP contribution is 2.23. The molecule has 1 aromatic heterocycles. The fourth-order valence-electron chi connectivity index (χ4n) is 2.83. The highest BCUT2D eigenvalue weighted by Gasteiger charge is 2.16. The van der Waals surface area contributed by atoms with E-state index in [-0.39, 0.29) is 11.2 Å². The number of H-pyrrole nitrogens is 1. The number of hydrogen-bond acceptors (Lipinski definition) is 3. The number of rotatable bonds is 6. The zero-order valence-corrected chi connectivity index (χ0v) is 14.3. The highest BCUT2D eigenvalue weighted by molar-refractivity contribution is 8.00. The van der Waals surface area contributed by atoms with E-state index < -0.39 is 0 Å². The van der Waals surface area contributed by atoms with Crippen molar-refractivity contribution >= 4 is 28.7 Å². The molecule has 0 bridgehead atoms. The summed E-state index contributed by atoms with van der Waals surface area (Å²) < 4.78 is 0. The molecule has 0 radical (unpaired) electrons. The lowest BCUT2D eigenvalue weighted by atomic mass is 9.97. The Morgan fingerprint density at radius 2 is 2.26 bits per heavy atom. The smallest absolute Gasteiger partial charge is 0.233 e. The van der Waals surface area contributed by atoms with Crippen LogP contribution < -0.4 is 5.32 Å². The Bertz CT molecular complexity index is 674. The zero-order chi connectivity index (χ0) is 16.1. The van der Waals surface area contributed by atoms with Gasteiger partial charge in [0.15, 0.2) is 5.16 Å². The third-order valence-corrected chi connectivity index (χ3v) is 5.14. The summed E-state index contributed by atoms with van der Waals surface area (Å²) in [5.41, 5.74) is 3.44. The number of hydrogen-bond donors (Lipinski definition) is 2. The molecule has 5 heteroatoms. The first kappa shape index (κ1) is 16.1. The van der Waals surface area contributed by atoms with E-state index in [1.807, 2.05) is 31.2 Å². The summed E-state index contributed by atoms with van der Waals surface area (Å²) in [6, 6.07) is 7.91. The van der Waals surface area contributed by atoms with Crippen molar-refractivity contribution < 1.29 is 4.79 Å². The van der Waals surface area contributed by atoms with E-state index in [4.69, 9.17) is 0 Å². The second kappa shape index (κ2) is 7.68. The number of thioether (sulfide) groups is 1. The van der Waals surface area contributed by atoms with Gasteiger partial charge in [0, 0.05) is 6.54 Å². The molecular formula is C18H23N3OS. The number of para-hydroxylation sites is 2. The molecule has 1 aliphatic rings. The summed E-state index contributed by atoms with van der Waals surface area (Å²) in [4.78, 5) is 20.0. The quantitative estimate of drug-likeness (QED) is 0.621. The summed E-state index contributed by atoms with van der Waals surface area (Å²) in [5, 5.41) is 3.68. The predicted molar refractivity (Wildman–Crippen MR) is 95.6 cm³/mol. The number of imidazole rings is 1. The van der Waals surface area contributed by atoms with Gasteiger partial charge in [-0.1, -0.05) is 35.5 Å². The van der Waals surface area contributed by atoms with Gasteiger partial charge in [-0.15, -0.1) is 0 Å². The van der Waals surface area contributed by atoms with Gasteiger partial charge in [0.2, 0.25) is 5.91 Å². The minimum atomic E-state index is -0.157. The molecule has 122 valence electrons. The Kier molecular flexibility index (Phi) is 5.39. The molecule has 1 aromatic carbocycles. The summed E-state index contributed by atoms with van der Waals surface area (Å²) in [6.07, 6.45) is 8.30. The van der Waals surface area contributed by atoms with E-state index in [1.165, 1.54) is 43.0 Å². The number of amides is 1. The first-order valence-electron chi connectivity index (χ1n) is 8.29. The molecule has 0 saturated carbocycles. The summed E-state index contributed by atoms with van der Waals surface area (Å²) >= 11 is 1.47. The summed E-state index contributed by atoms with van der Waals surface area (Å²) in [5.74, 6) is 0.0758. The third kappa shape index (κ3) is 4.38. The average Bonchev–Trinajstić information content (AvgIpc) is 2.98. The Balaban J connectivity index is 1.48. The first-order valence-corrected chi connectivity index (χ1v) is 9.17. The molecule has 0 unspecified atom stereocenters. The number of carbonyl (C=O) groups excluding carboxylic acids is 1. The zero-order valence-electron chi connectivity index (χ0n) is 13.5. The van der Waals surface area contributed by atoms with Crippen molar-refractivity contribution in [2.24, 2.45) is 0 Å². The summed E-state index contributed by atoms with van der Waals surface area (Å²) in [6.45, 7) is 2.66. The van der Waals surface area contributed by atoms with Gasteiger partial charge in [-0.2, -0.15) is 0 Å². The van der Waals surface area contributed by atoms with E-state index in [1.54, 1.807) is 0 Å². The van der Waals surface area contributed by atoms with Crippen LogP contribution in [0.2, 0.25) is 0 Å². The van der Waals surface area contributed by atoms with Gasteiger partial charge in [-0.05, 0) is 51.2 Å². The van der Waals surface area contributed by atoms with Gasteiger partial charge in [-0.25, -0.2) is 4.98 Å². The molecule has 0 saturated heterocycles. The second-order valence-electron chi connectivity index (χ2n) is 5.97. The van der Waals surface area contributed by atoms with Gasteiger partial charge in [0.25, 0.3) is 0 Å². The van der Waals surface area contributed by atoms with Crippen molar-refractivity contribution in [3.8, 4) is 0 Å². The number of nitrogens with one attached hydrogen (secondary N) is 2. The van der Waals surface area contributed by atoms with Crippen LogP contribution in [0.4, 0.5) is 0 Å². The van der Waals surface area contributed by atoms with Gasteiger partial charge in [0.1, 0.15) is 0 Å². The standard InChI is InChI=1S/C18H23N3OS/c1-13(17(22)19-12-11-14-7-3-2-4-8-14)23-18-20-15-9-5-6-10-16(15)21-18/h5-7,9-10,13H,2-4,8,11-12H2,1H3,(H,19,22)(H,20,21)/t13-/m0/s1. The fraction of sp³-hybridized carbons (Fsp3) is 0.444. The fourth-order valence-corrected chi connectivity index (χ4v) is 3.67. The average molecular weight is 329 g/mol. The van der Waals surface area contributed by atoms with Crippen molar-refractivity contribution in [1.29, 1.82) is 0 Å². The lowest BCUT2D eigenvalue weighted by Gasteiger charge is -2.14. The minimum Gasteiger partial charge on any atom is -0.355 e. The molecule has 0 aliphatic heterocycles. The number of nitrogens with zero attached hydrogens (tertiary/aromatic N) is 1. The van der Waals surface area contributed by atoms with E-state index in [0.717, 1.165) is 29.2 Å². The highest BCUT2D eigenvalue weighted by atomic mass is 32.2. The first-order chi connectivity index (χ1) is 11.2. The Hall–Kier alpha value is -1.75. The minimum absolute atomic E-state index is 0.0758. The van der Waals surface area contributed by atoms with Crippen molar-refractivity contribution in [1.82, 2.24) is 15.3 Å². The third-order valence-electron chi connectivity index (χ3n) is 4.16. The van der Waals surface area contributed by atoms with Gasteiger partial charge in [0.05, 0.1) is 16.3 Å². The molecule has 1 aliphatic carbocycles. The van der Waals surface area contributed by atoms with E-state index in [0.29, 0.717) is 0 Å². The Morgan fingerprint density at radius 1 is 1.39 bits per heavy atom. The van der Waals surface area contributed by atoms with Crippen molar-refractivity contribution in [2.75, 3.05) is 6.54 Å². The van der Waals surface area contributed by atoms with E-state index in [2.05, 4.69) is 21.4 Å². The van der Waals surface area contributed by atoms with Crippen molar-refractivity contribution in [2.45, 2.75) is 49.4 Å². The molecule has 1 atom stereocenters. The molecule has 1 heterocycles. The number of aromatic nitrogens is 2. The molecule has 0 fully saturated rings. The molecule has 4 nitrogen and oxygen atoms in total. The van der Waals surface area contributed by atoms with Crippen molar-refractivity contribution in [3.63, 3.8) is 0 Å². The largest absolute Gasteiger partial charge is 0.355 e. The maximum atomic E-state index is 12.2. The van der Waals surface area contributed by atoms with Gasteiger partial charge < -0.3 is 10.3 Å². The van der Waals surface area contributed by atoms with Gasteiger partial charge in [-0.3, -0.25) is 4.79 Å². The molecule has 2 N–H and O–H groups in total. The van der Waals surface area contributed by atoms with Crippen LogP contribution in [-0.2, 0) is 4.79 Å². The predicted octanol–water partition coefficient (Wildman–Crippen LogP) is 4.05. The monoisotopic (exact) mass is 329 g/mol. The lowest BCUT2D eigenvalue weighted by Crippen LogP contribution is -2.31. The number of carbonyl (C=O) groups is 1. The number of allylic oxidation sites excluding steroid dienone is 1. The number of fused-ring (bicyclic) bond motifs is 1. The summed E-state index contributed by atoms with van der Waals surface area (Å²) in [7, 11) is 0. The number of benzene rings is 1. The molecule has 1 amide bonds.